The maximum atomic E-state index is 12.4. The standard InChI is InChI=1S/C20H29NO4/c1-15(18(22)24-14-16-9-6-5-7-10-16)13-21-12-8-11-17(21)19(23)25-20(2,3)4/h5-7,9-10,15,17H,8,11-14H2,1-4H3/t15?,17-/m0/s1. The fraction of sp³-hybridized carbons (Fsp3) is 0.600. The van der Waals surface area contributed by atoms with Crippen molar-refractivity contribution in [3.63, 3.8) is 0 Å². The third kappa shape index (κ3) is 6.16. The van der Waals surface area contributed by atoms with Gasteiger partial charge in [0.1, 0.15) is 18.2 Å². The Bertz CT molecular complexity index is 579. The normalized spacial score (nSPS) is 19.4. The van der Waals surface area contributed by atoms with E-state index in [4.69, 9.17) is 9.47 Å². The van der Waals surface area contributed by atoms with E-state index in [1.54, 1.807) is 0 Å². The van der Waals surface area contributed by atoms with Crippen LogP contribution in [0.1, 0.15) is 46.1 Å². The summed E-state index contributed by atoms with van der Waals surface area (Å²) in [6.45, 7) is 9.05. The Hall–Kier alpha value is -1.88. The van der Waals surface area contributed by atoms with E-state index in [-0.39, 0.29) is 30.5 Å². The largest absolute Gasteiger partial charge is 0.461 e. The lowest BCUT2D eigenvalue weighted by Crippen LogP contribution is -2.43. The minimum absolute atomic E-state index is 0.199. The molecule has 1 saturated heterocycles. The predicted octanol–water partition coefficient (Wildman–Crippen LogP) is 3.17. The summed E-state index contributed by atoms with van der Waals surface area (Å²) in [6, 6.07) is 9.36. The van der Waals surface area contributed by atoms with Gasteiger partial charge in [0, 0.05) is 6.54 Å². The first-order chi connectivity index (χ1) is 11.8. The zero-order chi connectivity index (χ0) is 18.4. The molecule has 1 unspecified atom stereocenters. The lowest BCUT2D eigenvalue weighted by molar-refractivity contribution is -0.161. The van der Waals surface area contributed by atoms with Gasteiger partial charge < -0.3 is 9.47 Å². The van der Waals surface area contributed by atoms with Crippen LogP contribution in [-0.2, 0) is 25.7 Å². The van der Waals surface area contributed by atoms with Gasteiger partial charge in [0.15, 0.2) is 0 Å². The molecule has 0 bridgehead atoms. The number of benzene rings is 1. The van der Waals surface area contributed by atoms with Gasteiger partial charge in [-0.15, -0.1) is 0 Å². The quantitative estimate of drug-likeness (QED) is 0.740. The Morgan fingerprint density at radius 1 is 1.24 bits per heavy atom. The Morgan fingerprint density at radius 2 is 1.92 bits per heavy atom. The minimum Gasteiger partial charge on any atom is -0.461 e. The zero-order valence-electron chi connectivity index (χ0n) is 15.7. The molecule has 1 aromatic rings. The molecule has 0 amide bonds. The maximum absolute atomic E-state index is 12.4. The van der Waals surface area contributed by atoms with Crippen LogP contribution in [0.25, 0.3) is 0 Å². The van der Waals surface area contributed by atoms with Crippen molar-refractivity contribution in [3.05, 3.63) is 35.9 Å². The zero-order valence-corrected chi connectivity index (χ0v) is 15.7. The van der Waals surface area contributed by atoms with Crippen molar-refractivity contribution in [2.45, 2.75) is 58.8 Å². The molecule has 1 heterocycles. The lowest BCUT2D eigenvalue weighted by atomic mass is 10.1. The average Bonchev–Trinajstić information content (AvgIpc) is 3.00. The summed E-state index contributed by atoms with van der Waals surface area (Å²) in [5.74, 6) is -0.722. The summed E-state index contributed by atoms with van der Waals surface area (Å²) in [6.07, 6.45) is 1.72. The molecule has 1 aromatic carbocycles. The van der Waals surface area contributed by atoms with Crippen LogP contribution in [0.15, 0.2) is 30.3 Å². The van der Waals surface area contributed by atoms with Crippen LogP contribution in [0, 0.1) is 5.92 Å². The van der Waals surface area contributed by atoms with Gasteiger partial charge in [0.05, 0.1) is 5.92 Å². The predicted molar refractivity (Wildman–Crippen MR) is 95.8 cm³/mol. The van der Waals surface area contributed by atoms with Gasteiger partial charge in [0.2, 0.25) is 0 Å². The van der Waals surface area contributed by atoms with E-state index in [0.29, 0.717) is 6.54 Å². The molecule has 0 aromatic heterocycles. The number of hydrogen-bond acceptors (Lipinski definition) is 5. The molecule has 2 rings (SSSR count). The summed E-state index contributed by atoms with van der Waals surface area (Å²) in [7, 11) is 0. The van der Waals surface area contributed by atoms with Gasteiger partial charge in [-0.3, -0.25) is 14.5 Å². The van der Waals surface area contributed by atoms with Gasteiger partial charge in [-0.2, -0.15) is 0 Å². The molecule has 138 valence electrons. The van der Waals surface area contributed by atoms with E-state index in [1.165, 1.54) is 0 Å². The van der Waals surface area contributed by atoms with Crippen LogP contribution in [0.4, 0.5) is 0 Å². The monoisotopic (exact) mass is 347 g/mol. The topological polar surface area (TPSA) is 55.8 Å². The van der Waals surface area contributed by atoms with E-state index in [0.717, 1.165) is 24.9 Å². The van der Waals surface area contributed by atoms with E-state index in [2.05, 4.69) is 0 Å². The van der Waals surface area contributed by atoms with Crippen LogP contribution >= 0.6 is 0 Å². The summed E-state index contributed by atoms with van der Waals surface area (Å²) >= 11 is 0. The fourth-order valence-corrected chi connectivity index (χ4v) is 2.98. The van der Waals surface area contributed by atoms with Gasteiger partial charge >= 0.3 is 11.9 Å². The van der Waals surface area contributed by atoms with Crippen LogP contribution in [0.5, 0.6) is 0 Å². The Labute approximate surface area is 150 Å². The summed E-state index contributed by atoms with van der Waals surface area (Å²) in [5.41, 5.74) is 0.474. The molecule has 0 radical (unpaired) electrons. The van der Waals surface area contributed by atoms with Crippen LogP contribution in [0.2, 0.25) is 0 Å². The molecule has 5 heteroatoms. The number of esters is 2. The summed E-state index contributed by atoms with van der Waals surface area (Å²) in [5, 5.41) is 0. The van der Waals surface area contributed by atoms with E-state index >= 15 is 0 Å². The van der Waals surface area contributed by atoms with Crippen molar-refractivity contribution in [1.82, 2.24) is 4.90 Å². The highest BCUT2D eigenvalue weighted by atomic mass is 16.6. The molecule has 25 heavy (non-hydrogen) atoms. The molecule has 2 atom stereocenters. The van der Waals surface area contributed by atoms with Crippen molar-refractivity contribution >= 4 is 11.9 Å². The number of carbonyl (C=O) groups excluding carboxylic acids is 2. The van der Waals surface area contributed by atoms with Crippen LogP contribution in [-0.4, -0.2) is 41.6 Å². The molecular formula is C20H29NO4. The fourth-order valence-electron chi connectivity index (χ4n) is 2.98. The first-order valence-electron chi connectivity index (χ1n) is 8.94. The first-order valence-corrected chi connectivity index (χ1v) is 8.94. The van der Waals surface area contributed by atoms with Crippen molar-refractivity contribution < 1.29 is 19.1 Å². The highest BCUT2D eigenvalue weighted by molar-refractivity contribution is 5.77. The molecule has 0 aliphatic carbocycles. The Balaban J connectivity index is 1.84. The van der Waals surface area contributed by atoms with Crippen LogP contribution in [0.3, 0.4) is 0 Å². The molecule has 1 aliphatic heterocycles. The van der Waals surface area contributed by atoms with Gasteiger partial charge in [-0.05, 0) is 45.7 Å². The van der Waals surface area contributed by atoms with Crippen LogP contribution < -0.4 is 0 Å². The smallest absolute Gasteiger partial charge is 0.323 e. The minimum atomic E-state index is -0.494. The van der Waals surface area contributed by atoms with Gasteiger partial charge in [-0.25, -0.2) is 0 Å². The van der Waals surface area contributed by atoms with Gasteiger partial charge in [0.25, 0.3) is 0 Å². The first kappa shape index (κ1) is 19.4. The molecule has 0 N–H and O–H groups in total. The highest BCUT2D eigenvalue weighted by Gasteiger charge is 2.35. The van der Waals surface area contributed by atoms with Gasteiger partial charge in [-0.1, -0.05) is 37.3 Å². The van der Waals surface area contributed by atoms with E-state index in [1.807, 2.05) is 62.9 Å². The maximum Gasteiger partial charge on any atom is 0.323 e. The van der Waals surface area contributed by atoms with Crippen molar-refractivity contribution in [1.29, 1.82) is 0 Å². The SMILES string of the molecule is CC(CN1CCC[C@H]1C(=O)OC(C)(C)C)C(=O)OCc1ccccc1. The number of nitrogens with zero attached hydrogens (tertiary/aromatic N) is 1. The molecule has 5 nitrogen and oxygen atoms in total. The van der Waals surface area contributed by atoms with Crippen molar-refractivity contribution in [2.24, 2.45) is 5.92 Å². The Morgan fingerprint density at radius 3 is 2.56 bits per heavy atom. The molecular weight excluding hydrogens is 318 g/mol. The number of likely N-dealkylation sites (tertiary alicyclic amines) is 1. The van der Waals surface area contributed by atoms with Crippen molar-refractivity contribution in [3.8, 4) is 0 Å². The molecule has 0 saturated carbocycles. The number of rotatable bonds is 6. The molecule has 1 aliphatic rings. The van der Waals surface area contributed by atoms with Crippen molar-refractivity contribution in [2.75, 3.05) is 13.1 Å². The second-order valence-electron chi connectivity index (χ2n) is 7.68. The second kappa shape index (κ2) is 8.48. The second-order valence-corrected chi connectivity index (χ2v) is 7.68. The van der Waals surface area contributed by atoms with E-state index < -0.39 is 5.60 Å². The number of ether oxygens (including phenoxy) is 2. The number of hydrogen-bond donors (Lipinski definition) is 0. The third-order valence-electron chi connectivity index (χ3n) is 4.18. The summed E-state index contributed by atoms with van der Waals surface area (Å²) in [4.78, 5) is 26.6. The summed E-state index contributed by atoms with van der Waals surface area (Å²) < 4.78 is 10.9. The Kier molecular flexibility index (Phi) is 6.59. The highest BCUT2D eigenvalue weighted by Crippen LogP contribution is 2.22. The third-order valence-corrected chi connectivity index (χ3v) is 4.18. The van der Waals surface area contributed by atoms with E-state index in [9.17, 15) is 9.59 Å². The average molecular weight is 347 g/mol. The molecule has 0 spiro atoms. The molecule has 1 fully saturated rings. The number of carbonyl (C=O) groups is 2. The lowest BCUT2D eigenvalue weighted by Gasteiger charge is -2.28.